The summed E-state index contributed by atoms with van der Waals surface area (Å²) in [7, 11) is -3.83. The monoisotopic (exact) mass is 514 g/mol. The number of thiocarbonyl (C=S) groups is 1. The van der Waals surface area contributed by atoms with Gasteiger partial charge in [-0.3, -0.25) is 15.0 Å². The summed E-state index contributed by atoms with van der Waals surface area (Å²) in [6.07, 6.45) is 1.67. The van der Waals surface area contributed by atoms with Gasteiger partial charge >= 0.3 is 0 Å². The van der Waals surface area contributed by atoms with E-state index in [1.54, 1.807) is 53.4 Å². The average molecular weight is 515 g/mol. The predicted octanol–water partition coefficient (Wildman–Crippen LogP) is 2.01. The van der Waals surface area contributed by atoms with Gasteiger partial charge in [0.25, 0.3) is 21.8 Å². The van der Waals surface area contributed by atoms with Crippen molar-refractivity contribution in [3.8, 4) is 0 Å². The Morgan fingerprint density at radius 1 is 1.12 bits per heavy atom. The molecule has 2 saturated heterocycles. The number of ether oxygens (including phenoxy) is 1. The van der Waals surface area contributed by atoms with E-state index in [0.717, 1.165) is 22.3 Å². The van der Waals surface area contributed by atoms with Gasteiger partial charge in [-0.15, -0.1) is 4.40 Å². The molecule has 0 bridgehead atoms. The number of hydrogen-bond acceptors (Lipinski definition) is 8. The van der Waals surface area contributed by atoms with E-state index in [4.69, 9.17) is 17.0 Å². The van der Waals surface area contributed by atoms with Crippen LogP contribution >= 0.6 is 24.0 Å². The van der Waals surface area contributed by atoms with Crippen LogP contribution in [0.4, 0.5) is 0 Å². The van der Waals surface area contributed by atoms with Gasteiger partial charge in [0, 0.05) is 24.2 Å². The number of amidine groups is 1. The minimum atomic E-state index is -3.83. The highest BCUT2D eigenvalue weighted by molar-refractivity contribution is 8.26. The highest BCUT2D eigenvalue weighted by Crippen LogP contribution is 2.32. The van der Waals surface area contributed by atoms with E-state index in [9.17, 15) is 18.0 Å². The molecule has 1 N–H and O–H groups in total. The zero-order chi connectivity index (χ0) is 23.9. The molecule has 2 aromatic rings. The lowest BCUT2D eigenvalue weighted by Gasteiger charge is -2.26. The van der Waals surface area contributed by atoms with E-state index in [1.807, 2.05) is 0 Å². The molecule has 0 unspecified atom stereocenters. The third kappa shape index (κ3) is 4.25. The first-order valence-electron chi connectivity index (χ1n) is 10.3. The molecule has 0 aromatic heterocycles. The molecular formula is C22H18N4O5S3. The quantitative estimate of drug-likeness (QED) is 0.490. The van der Waals surface area contributed by atoms with E-state index >= 15 is 0 Å². The smallest absolute Gasteiger partial charge is 0.285 e. The summed E-state index contributed by atoms with van der Waals surface area (Å²) < 4.78 is 33.8. The number of hydrazine groups is 1. The molecule has 3 aliphatic heterocycles. The molecule has 2 fully saturated rings. The number of morpholine rings is 1. The Balaban J connectivity index is 1.32. The van der Waals surface area contributed by atoms with Gasteiger partial charge < -0.3 is 9.64 Å². The molecule has 0 aliphatic carbocycles. The fourth-order valence-electron chi connectivity index (χ4n) is 3.68. The van der Waals surface area contributed by atoms with Crippen LogP contribution in [0.25, 0.3) is 6.08 Å². The van der Waals surface area contributed by atoms with Crippen LogP contribution in [-0.4, -0.2) is 66.6 Å². The molecule has 0 radical (unpaired) electrons. The van der Waals surface area contributed by atoms with Crippen molar-refractivity contribution in [2.24, 2.45) is 4.40 Å². The Hall–Kier alpha value is -3.06. The number of sulfonamides is 1. The second-order valence-electron chi connectivity index (χ2n) is 7.57. The third-order valence-corrected chi connectivity index (χ3v) is 8.03. The molecule has 0 saturated carbocycles. The molecule has 174 valence electrons. The van der Waals surface area contributed by atoms with Gasteiger partial charge in [0.1, 0.15) is 4.90 Å². The summed E-state index contributed by atoms with van der Waals surface area (Å²) in [4.78, 5) is 27.8. The van der Waals surface area contributed by atoms with Crippen molar-refractivity contribution in [3.63, 3.8) is 0 Å². The molecule has 2 aromatic carbocycles. The maximum absolute atomic E-state index is 13.0. The van der Waals surface area contributed by atoms with Gasteiger partial charge in [-0.2, -0.15) is 13.4 Å². The zero-order valence-corrected chi connectivity index (χ0v) is 20.1. The summed E-state index contributed by atoms with van der Waals surface area (Å²) in [6.45, 7) is 2.19. The molecule has 2 amide bonds. The number of thioether (sulfide) groups is 1. The van der Waals surface area contributed by atoms with Crippen LogP contribution in [0.2, 0.25) is 0 Å². The number of amides is 2. The van der Waals surface area contributed by atoms with Crippen LogP contribution in [0.15, 0.2) is 62.7 Å². The van der Waals surface area contributed by atoms with Crippen LogP contribution in [0, 0.1) is 0 Å². The maximum atomic E-state index is 13.0. The Morgan fingerprint density at radius 2 is 1.82 bits per heavy atom. The predicted molar refractivity (Wildman–Crippen MR) is 131 cm³/mol. The van der Waals surface area contributed by atoms with Gasteiger partial charge in [-0.1, -0.05) is 36.0 Å². The van der Waals surface area contributed by atoms with Gasteiger partial charge in [-0.05, 0) is 48.1 Å². The molecule has 0 spiro atoms. The van der Waals surface area contributed by atoms with Crippen molar-refractivity contribution >= 4 is 62.0 Å². The number of hydrogen-bond donors (Lipinski definition) is 1. The number of rotatable bonds is 3. The van der Waals surface area contributed by atoms with Crippen LogP contribution in [0.3, 0.4) is 0 Å². The zero-order valence-electron chi connectivity index (χ0n) is 17.6. The first kappa shape index (κ1) is 22.7. The summed E-state index contributed by atoms with van der Waals surface area (Å²) in [6, 6.07) is 13.3. The molecule has 0 atom stereocenters. The fraction of sp³-hybridized carbons (Fsp3) is 0.182. The molecule has 3 heterocycles. The topological polar surface area (TPSA) is 108 Å². The van der Waals surface area contributed by atoms with Crippen molar-refractivity contribution in [1.82, 2.24) is 15.3 Å². The number of benzene rings is 2. The number of carbonyl (C=O) groups is 2. The van der Waals surface area contributed by atoms with Crippen molar-refractivity contribution in [2.45, 2.75) is 4.90 Å². The van der Waals surface area contributed by atoms with E-state index in [1.165, 1.54) is 6.07 Å². The first-order chi connectivity index (χ1) is 16.3. The Labute approximate surface area is 205 Å². The number of nitrogens with zero attached hydrogens (tertiary/aromatic N) is 3. The maximum Gasteiger partial charge on any atom is 0.285 e. The fourth-order valence-corrected chi connectivity index (χ4v) is 6.03. The number of carbonyl (C=O) groups excluding carboxylic acids is 2. The SMILES string of the molecule is O=C(c1ccc(/C=C2\SC(=S)N(NC3=NS(=O)(=O)c4ccccc43)C2=O)cc1)N1CCOCC1. The number of nitrogens with one attached hydrogen (secondary N) is 1. The summed E-state index contributed by atoms with van der Waals surface area (Å²) in [5, 5.41) is 1.11. The van der Waals surface area contributed by atoms with E-state index in [2.05, 4.69) is 9.82 Å². The second kappa shape index (κ2) is 8.95. The van der Waals surface area contributed by atoms with Crippen LogP contribution < -0.4 is 5.43 Å². The van der Waals surface area contributed by atoms with Gasteiger partial charge in [0.15, 0.2) is 10.2 Å². The van der Waals surface area contributed by atoms with Gasteiger partial charge in [0.05, 0.1) is 18.1 Å². The summed E-state index contributed by atoms with van der Waals surface area (Å²) >= 11 is 6.42. The lowest BCUT2D eigenvalue weighted by Crippen LogP contribution is -2.44. The third-order valence-electron chi connectivity index (χ3n) is 5.40. The van der Waals surface area contributed by atoms with E-state index < -0.39 is 15.9 Å². The second-order valence-corrected chi connectivity index (χ2v) is 10.8. The van der Waals surface area contributed by atoms with Crippen molar-refractivity contribution in [1.29, 1.82) is 0 Å². The van der Waals surface area contributed by atoms with Gasteiger partial charge in [-0.25, -0.2) is 0 Å². The highest BCUT2D eigenvalue weighted by Gasteiger charge is 2.36. The van der Waals surface area contributed by atoms with Crippen molar-refractivity contribution in [2.75, 3.05) is 26.3 Å². The Bertz CT molecular complexity index is 1360. The highest BCUT2D eigenvalue weighted by atomic mass is 32.2. The largest absolute Gasteiger partial charge is 0.378 e. The van der Waals surface area contributed by atoms with Crippen LogP contribution in [-0.2, 0) is 19.6 Å². The molecular weight excluding hydrogens is 496 g/mol. The minimum Gasteiger partial charge on any atom is -0.378 e. The Morgan fingerprint density at radius 3 is 2.56 bits per heavy atom. The van der Waals surface area contributed by atoms with E-state index in [-0.39, 0.29) is 21.0 Å². The molecule has 5 rings (SSSR count). The van der Waals surface area contributed by atoms with Gasteiger partial charge in [0.2, 0.25) is 0 Å². The molecule has 9 nitrogen and oxygen atoms in total. The van der Waals surface area contributed by atoms with Crippen molar-refractivity contribution in [3.05, 3.63) is 70.1 Å². The summed E-state index contributed by atoms with van der Waals surface area (Å²) in [5.41, 5.74) is 4.42. The molecule has 12 heteroatoms. The lowest BCUT2D eigenvalue weighted by atomic mass is 10.1. The van der Waals surface area contributed by atoms with E-state index in [0.29, 0.717) is 42.3 Å². The number of fused-ring (bicyclic) bond motifs is 1. The summed E-state index contributed by atoms with van der Waals surface area (Å²) in [5.74, 6) is -0.440. The molecule has 34 heavy (non-hydrogen) atoms. The normalized spacial score (nSPS) is 20.5. The molecule has 3 aliphatic rings. The Kier molecular flexibility index (Phi) is 5.98. The first-order valence-corrected chi connectivity index (χ1v) is 13.0. The lowest BCUT2D eigenvalue weighted by molar-refractivity contribution is -0.123. The van der Waals surface area contributed by atoms with Crippen LogP contribution in [0.5, 0.6) is 0 Å². The minimum absolute atomic E-state index is 0.0409. The van der Waals surface area contributed by atoms with Crippen molar-refractivity contribution < 1.29 is 22.7 Å². The average Bonchev–Trinajstić information content (AvgIpc) is 3.26. The van der Waals surface area contributed by atoms with Crippen LogP contribution in [0.1, 0.15) is 21.5 Å². The standard InChI is InChI=1S/C22H18N4O5S3/c27-20(25-9-11-31-12-10-25)15-7-5-14(6-8-15)13-17-21(28)26(22(32)33-17)23-19-16-3-1-2-4-18(16)34(29,30)24-19/h1-8,13H,9-12H2,(H,23,24)/b17-13-.